The predicted molar refractivity (Wildman–Crippen MR) is 79.9 cm³/mol. The first kappa shape index (κ1) is 14.6. The van der Waals surface area contributed by atoms with Gasteiger partial charge in [0.15, 0.2) is 5.15 Å². The summed E-state index contributed by atoms with van der Waals surface area (Å²) in [6, 6.07) is 8.39. The highest BCUT2D eigenvalue weighted by atomic mass is 35.5. The zero-order valence-electron chi connectivity index (χ0n) is 10.9. The number of aromatic nitrogens is 1. The minimum absolute atomic E-state index is 0.164. The minimum atomic E-state index is -0.276. The van der Waals surface area contributed by atoms with Crippen molar-refractivity contribution < 1.29 is 9.53 Å². The van der Waals surface area contributed by atoms with Crippen LogP contribution in [-0.4, -0.2) is 18.0 Å². The summed E-state index contributed by atoms with van der Waals surface area (Å²) >= 11 is 11.8. The van der Waals surface area contributed by atoms with E-state index < -0.39 is 0 Å². The number of carbonyl (C=O) groups excluding carboxylic acids is 1. The number of pyridine rings is 1. The van der Waals surface area contributed by atoms with E-state index in [0.717, 1.165) is 5.56 Å². The third kappa shape index (κ3) is 3.21. The van der Waals surface area contributed by atoms with Crippen LogP contribution < -0.4 is 10.1 Å². The van der Waals surface area contributed by atoms with Crippen molar-refractivity contribution >= 4 is 34.8 Å². The predicted octanol–water partition coefficient (Wildman–Crippen LogP) is 3.96. The third-order valence-electron chi connectivity index (χ3n) is 2.73. The van der Waals surface area contributed by atoms with Crippen LogP contribution in [0.25, 0.3) is 0 Å². The molecule has 0 spiro atoms. The van der Waals surface area contributed by atoms with Crippen LogP contribution in [0.5, 0.6) is 5.75 Å². The van der Waals surface area contributed by atoms with E-state index in [1.54, 1.807) is 44.4 Å². The monoisotopic (exact) mass is 310 g/mol. The molecule has 0 aliphatic carbocycles. The fourth-order valence-electron chi connectivity index (χ4n) is 1.67. The molecule has 0 atom stereocenters. The Morgan fingerprint density at radius 2 is 1.90 bits per heavy atom. The van der Waals surface area contributed by atoms with Gasteiger partial charge in [0.1, 0.15) is 10.9 Å². The quantitative estimate of drug-likeness (QED) is 0.873. The zero-order valence-corrected chi connectivity index (χ0v) is 12.4. The van der Waals surface area contributed by atoms with Gasteiger partial charge in [-0.25, -0.2) is 4.98 Å². The van der Waals surface area contributed by atoms with Gasteiger partial charge < -0.3 is 10.1 Å². The van der Waals surface area contributed by atoms with Crippen LogP contribution in [0.3, 0.4) is 0 Å². The van der Waals surface area contributed by atoms with Crippen molar-refractivity contribution in [2.45, 2.75) is 6.92 Å². The molecule has 0 radical (unpaired) electrons. The van der Waals surface area contributed by atoms with E-state index in [1.807, 2.05) is 0 Å². The number of hydrogen-bond donors (Lipinski definition) is 1. The molecule has 1 N–H and O–H groups in total. The number of nitrogens with zero attached hydrogens (tertiary/aromatic N) is 1. The lowest BCUT2D eigenvalue weighted by atomic mass is 10.2. The maximum Gasteiger partial charge on any atom is 0.255 e. The molecule has 0 unspecified atom stereocenters. The number of rotatable bonds is 3. The maximum atomic E-state index is 12.1. The van der Waals surface area contributed by atoms with E-state index in [-0.39, 0.29) is 16.2 Å². The number of anilines is 1. The highest BCUT2D eigenvalue weighted by Gasteiger charge is 2.12. The summed E-state index contributed by atoms with van der Waals surface area (Å²) < 4.78 is 5.04. The number of ether oxygens (including phenoxy) is 1. The van der Waals surface area contributed by atoms with Crippen LogP contribution in [0.2, 0.25) is 10.3 Å². The molecule has 1 aromatic carbocycles. The van der Waals surface area contributed by atoms with E-state index in [0.29, 0.717) is 17.0 Å². The number of nitrogens with one attached hydrogen (secondary N) is 1. The van der Waals surface area contributed by atoms with E-state index in [2.05, 4.69) is 10.3 Å². The Morgan fingerprint density at radius 3 is 2.45 bits per heavy atom. The first-order chi connectivity index (χ1) is 9.51. The first-order valence-corrected chi connectivity index (χ1v) is 6.55. The Bertz CT molecular complexity index is 619. The van der Waals surface area contributed by atoms with Crippen molar-refractivity contribution in [3.63, 3.8) is 0 Å². The molecule has 0 aliphatic rings. The number of halogens is 2. The lowest BCUT2D eigenvalue weighted by molar-refractivity contribution is 0.102. The van der Waals surface area contributed by atoms with Crippen molar-refractivity contribution in [3.8, 4) is 5.75 Å². The van der Waals surface area contributed by atoms with Crippen LogP contribution >= 0.6 is 23.2 Å². The van der Waals surface area contributed by atoms with Crippen molar-refractivity contribution in [3.05, 3.63) is 51.8 Å². The summed E-state index contributed by atoms with van der Waals surface area (Å²) in [6.45, 7) is 1.79. The molecule has 1 heterocycles. The number of methoxy groups -OCH3 is 1. The molecule has 0 saturated carbocycles. The van der Waals surface area contributed by atoms with E-state index in [1.165, 1.54) is 0 Å². The van der Waals surface area contributed by atoms with Gasteiger partial charge in [-0.3, -0.25) is 4.79 Å². The molecule has 104 valence electrons. The lowest BCUT2D eigenvalue weighted by Gasteiger charge is -2.10. The van der Waals surface area contributed by atoms with Gasteiger partial charge in [0, 0.05) is 5.56 Å². The number of amides is 1. The Labute approximate surface area is 126 Å². The van der Waals surface area contributed by atoms with Crippen molar-refractivity contribution in [2.24, 2.45) is 0 Å². The molecule has 0 fully saturated rings. The highest BCUT2D eigenvalue weighted by molar-refractivity contribution is 6.35. The van der Waals surface area contributed by atoms with Gasteiger partial charge in [0.25, 0.3) is 5.91 Å². The Balaban J connectivity index is 2.23. The number of hydrogen-bond acceptors (Lipinski definition) is 3. The van der Waals surface area contributed by atoms with Crippen LogP contribution in [0.15, 0.2) is 30.3 Å². The maximum absolute atomic E-state index is 12.1. The molecule has 2 rings (SSSR count). The normalized spacial score (nSPS) is 10.2. The number of carbonyl (C=O) groups is 1. The molecule has 0 aliphatic heterocycles. The number of aryl methyl sites for hydroxylation is 1. The molecule has 1 amide bonds. The van der Waals surface area contributed by atoms with Gasteiger partial charge in [0.05, 0.1) is 12.8 Å². The van der Waals surface area contributed by atoms with Gasteiger partial charge in [-0.1, -0.05) is 23.2 Å². The average Bonchev–Trinajstić information content (AvgIpc) is 2.42. The fourth-order valence-corrected chi connectivity index (χ4v) is 2.25. The minimum Gasteiger partial charge on any atom is -0.497 e. The highest BCUT2D eigenvalue weighted by Crippen LogP contribution is 2.27. The van der Waals surface area contributed by atoms with E-state index in [4.69, 9.17) is 27.9 Å². The van der Waals surface area contributed by atoms with Crippen LogP contribution in [0.1, 0.15) is 15.9 Å². The summed E-state index contributed by atoms with van der Waals surface area (Å²) in [5.74, 6) is 0.408. The van der Waals surface area contributed by atoms with Crippen LogP contribution in [0, 0.1) is 6.92 Å². The molecule has 20 heavy (non-hydrogen) atoms. The first-order valence-electron chi connectivity index (χ1n) is 5.79. The van der Waals surface area contributed by atoms with Crippen molar-refractivity contribution in [1.82, 2.24) is 4.98 Å². The molecule has 0 bridgehead atoms. The van der Waals surface area contributed by atoms with E-state index in [9.17, 15) is 4.79 Å². The Hall–Kier alpha value is -1.78. The van der Waals surface area contributed by atoms with Gasteiger partial charge >= 0.3 is 0 Å². The standard InChI is InChI=1S/C14H12Cl2N2O2/c1-8-7-11(15)17-13(16)12(8)18-14(19)9-3-5-10(20-2)6-4-9/h3-7H,1-2H3,(H,18,19). The Morgan fingerprint density at radius 1 is 1.25 bits per heavy atom. The molecule has 0 saturated heterocycles. The third-order valence-corrected chi connectivity index (χ3v) is 3.20. The smallest absolute Gasteiger partial charge is 0.255 e. The second kappa shape index (κ2) is 6.11. The Kier molecular flexibility index (Phi) is 4.47. The summed E-state index contributed by atoms with van der Waals surface area (Å²) in [5.41, 5.74) is 1.70. The van der Waals surface area contributed by atoms with Gasteiger partial charge in [0.2, 0.25) is 0 Å². The van der Waals surface area contributed by atoms with Crippen molar-refractivity contribution in [2.75, 3.05) is 12.4 Å². The second-order valence-electron chi connectivity index (χ2n) is 4.11. The van der Waals surface area contributed by atoms with Gasteiger partial charge in [-0.2, -0.15) is 0 Å². The summed E-state index contributed by atoms with van der Waals surface area (Å²) in [4.78, 5) is 16.0. The number of benzene rings is 1. The molecule has 6 heteroatoms. The SMILES string of the molecule is COc1ccc(C(=O)Nc2c(C)cc(Cl)nc2Cl)cc1. The van der Waals surface area contributed by atoms with Crippen molar-refractivity contribution in [1.29, 1.82) is 0 Å². The molecule has 4 nitrogen and oxygen atoms in total. The summed E-state index contributed by atoms with van der Waals surface area (Å²) in [5, 5.41) is 3.18. The van der Waals surface area contributed by atoms with Crippen LogP contribution in [-0.2, 0) is 0 Å². The largest absolute Gasteiger partial charge is 0.497 e. The summed E-state index contributed by atoms with van der Waals surface area (Å²) in [7, 11) is 1.57. The van der Waals surface area contributed by atoms with Gasteiger partial charge in [-0.05, 0) is 42.8 Å². The average molecular weight is 311 g/mol. The van der Waals surface area contributed by atoms with Crippen LogP contribution in [0.4, 0.5) is 5.69 Å². The summed E-state index contributed by atoms with van der Waals surface area (Å²) in [6.07, 6.45) is 0. The fraction of sp³-hybridized carbons (Fsp3) is 0.143. The lowest BCUT2D eigenvalue weighted by Crippen LogP contribution is -2.13. The molecule has 1 aromatic heterocycles. The van der Waals surface area contributed by atoms with Gasteiger partial charge in [-0.15, -0.1) is 0 Å². The molecule has 2 aromatic rings. The zero-order chi connectivity index (χ0) is 14.7. The molecular formula is C14H12Cl2N2O2. The topological polar surface area (TPSA) is 51.2 Å². The second-order valence-corrected chi connectivity index (χ2v) is 4.86. The molecular weight excluding hydrogens is 299 g/mol. The van der Waals surface area contributed by atoms with E-state index >= 15 is 0 Å².